The van der Waals surface area contributed by atoms with Gasteiger partial charge in [-0.3, -0.25) is 14.2 Å². The van der Waals surface area contributed by atoms with Crippen LogP contribution in [0.3, 0.4) is 0 Å². The number of carbonyl (C=O) groups excluding carboxylic acids is 1. The lowest BCUT2D eigenvalue weighted by Crippen LogP contribution is -2.57. The Morgan fingerprint density at radius 2 is 1.79 bits per heavy atom. The highest BCUT2D eigenvalue weighted by atomic mass is 35.5. The number of hydrogen-bond donors (Lipinski definition) is 0. The number of benzene rings is 2. The number of aromatic nitrogens is 2. The van der Waals surface area contributed by atoms with E-state index in [1.54, 1.807) is 24.3 Å². The molecule has 144 valence electrons. The Labute approximate surface area is 166 Å². The standard InChI is InChI=1S/C19H16ClN3O4S/c20-13-5-7-14(8-6-13)28(26,27)15-9-22(10-15)18(24)11-23-12-21-17-4-2-1-3-16(17)19(23)25/h1-8,12,15H,9-11H2. The number of para-hydroxylation sites is 1. The molecule has 0 spiro atoms. The molecule has 0 saturated carbocycles. The van der Waals surface area contributed by atoms with Crippen LogP contribution in [0.1, 0.15) is 0 Å². The van der Waals surface area contributed by atoms with Gasteiger partial charge in [-0.2, -0.15) is 0 Å². The van der Waals surface area contributed by atoms with Gasteiger partial charge in [0.2, 0.25) is 5.91 Å². The highest BCUT2D eigenvalue weighted by molar-refractivity contribution is 7.92. The highest BCUT2D eigenvalue weighted by Crippen LogP contribution is 2.25. The number of likely N-dealkylation sites (tertiary alicyclic amines) is 1. The number of nitrogens with zero attached hydrogens (tertiary/aromatic N) is 3. The molecule has 0 unspecified atom stereocenters. The summed E-state index contributed by atoms with van der Waals surface area (Å²) in [7, 11) is -3.53. The maximum atomic E-state index is 12.6. The van der Waals surface area contributed by atoms with Gasteiger partial charge in [0.15, 0.2) is 9.84 Å². The van der Waals surface area contributed by atoms with Crippen LogP contribution in [0, 0.1) is 0 Å². The largest absolute Gasteiger partial charge is 0.338 e. The molecule has 1 amide bonds. The van der Waals surface area contributed by atoms with Crippen LogP contribution in [0.25, 0.3) is 10.9 Å². The maximum Gasteiger partial charge on any atom is 0.261 e. The smallest absolute Gasteiger partial charge is 0.261 e. The fourth-order valence-corrected chi connectivity index (χ4v) is 4.90. The Kier molecular flexibility index (Phi) is 4.68. The number of rotatable bonds is 4. The molecule has 0 aliphatic carbocycles. The van der Waals surface area contributed by atoms with Gasteiger partial charge in [0.1, 0.15) is 11.8 Å². The van der Waals surface area contributed by atoms with Gasteiger partial charge < -0.3 is 4.90 Å². The second-order valence-corrected chi connectivity index (χ2v) is 9.28. The second kappa shape index (κ2) is 7.03. The van der Waals surface area contributed by atoms with Gasteiger partial charge in [0, 0.05) is 18.1 Å². The third-order valence-corrected chi connectivity index (χ3v) is 7.18. The van der Waals surface area contributed by atoms with Crippen LogP contribution >= 0.6 is 11.6 Å². The summed E-state index contributed by atoms with van der Waals surface area (Å²) in [6.45, 7) is 0.0173. The van der Waals surface area contributed by atoms with Crippen molar-refractivity contribution in [3.8, 4) is 0 Å². The van der Waals surface area contributed by atoms with Crippen molar-refractivity contribution in [2.45, 2.75) is 16.7 Å². The first-order valence-electron chi connectivity index (χ1n) is 8.58. The molecular weight excluding hydrogens is 402 g/mol. The van der Waals surface area contributed by atoms with Crippen LogP contribution in [0.4, 0.5) is 0 Å². The van der Waals surface area contributed by atoms with Gasteiger partial charge >= 0.3 is 0 Å². The van der Waals surface area contributed by atoms with Gasteiger partial charge in [-0.1, -0.05) is 23.7 Å². The molecule has 0 radical (unpaired) electrons. The number of amides is 1. The SMILES string of the molecule is O=C(Cn1cnc2ccccc2c1=O)N1CC(S(=O)(=O)c2ccc(Cl)cc2)C1. The normalized spacial score (nSPS) is 14.8. The lowest BCUT2D eigenvalue weighted by Gasteiger charge is -2.38. The van der Waals surface area contributed by atoms with Gasteiger partial charge in [-0.15, -0.1) is 0 Å². The Balaban J connectivity index is 1.45. The summed E-state index contributed by atoms with van der Waals surface area (Å²) < 4.78 is 26.5. The molecule has 28 heavy (non-hydrogen) atoms. The topological polar surface area (TPSA) is 89.3 Å². The van der Waals surface area contributed by atoms with Crippen LogP contribution in [0.2, 0.25) is 5.02 Å². The van der Waals surface area contributed by atoms with Crippen LogP contribution in [-0.4, -0.2) is 47.1 Å². The molecule has 9 heteroatoms. The first kappa shape index (κ1) is 18.6. The van der Waals surface area contributed by atoms with Crippen molar-refractivity contribution in [1.82, 2.24) is 14.5 Å². The molecule has 1 aromatic heterocycles. The summed E-state index contributed by atoms with van der Waals surface area (Å²) in [5.74, 6) is -0.318. The highest BCUT2D eigenvalue weighted by Gasteiger charge is 2.40. The molecule has 1 saturated heterocycles. The summed E-state index contributed by atoms with van der Waals surface area (Å²) >= 11 is 5.80. The Bertz CT molecular complexity index is 1220. The summed E-state index contributed by atoms with van der Waals surface area (Å²) in [6.07, 6.45) is 1.34. The quantitative estimate of drug-likeness (QED) is 0.645. The molecule has 7 nitrogen and oxygen atoms in total. The van der Waals surface area contributed by atoms with Crippen molar-refractivity contribution >= 4 is 38.2 Å². The number of sulfone groups is 1. The zero-order valence-electron chi connectivity index (χ0n) is 14.7. The fraction of sp³-hybridized carbons (Fsp3) is 0.211. The van der Waals surface area contributed by atoms with Crippen LogP contribution in [0.15, 0.2) is 64.5 Å². The van der Waals surface area contributed by atoms with E-state index in [1.165, 1.54) is 40.1 Å². The average molecular weight is 418 g/mol. The van der Waals surface area contributed by atoms with Crippen molar-refractivity contribution in [2.75, 3.05) is 13.1 Å². The fourth-order valence-electron chi connectivity index (χ4n) is 3.12. The molecule has 4 rings (SSSR count). The van der Waals surface area contributed by atoms with E-state index in [4.69, 9.17) is 11.6 Å². The molecule has 2 heterocycles. The zero-order valence-corrected chi connectivity index (χ0v) is 16.2. The molecule has 0 bridgehead atoms. The van der Waals surface area contributed by atoms with Crippen molar-refractivity contribution in [3.05, 3.63) is 70.2 Å². The molecule has 2 aromatic carbocycles. The van der Waals surface area contributed by atoms with Crippen LogP contribution in [0.5, 0.6) is 0 Å². The van der Waals surface area contributed by atoms with Crippen LogP contribution in [-0.2, 0) is 21.2 Å². The first-order chi connectivity index (χ1) is 13.4. The number of halogens is 1. The first-order valence-corrected chi connectivity index (χ1v) is 10.5. The van der Waals surface area contributed by atoms with E-state index in [9.17, 15) is 18.0 Å². The minimum absolute atomic E-state index is 0.0968. The average Bonchev–Trinajstić information content (AvgIpc) is 2.63. The van der Waals surface area contributed by atoms with Crippen molar-refractivity contribution in [2.24, 2.45) is 0 Å². The Hall–Kier alpha value is -2.71. The molecule has 0 N–H and O–H groups in total. The zero-order chi connectivity index (χ0) is 19.9. The molecule has 1 fully saturated rings. The van der Waals surface area contributed by atoms with E-state index in [-0.39, 0.29) is 36.0 Å². The second-order valence-electron chi connectivity index (χ2n) is 6.61. The summed E-state index contributed by atoms with van der Waals surface area (Å²) in [5.41, 5.74) is 0.263. The summed E-state index contributed by atoms with van der Waals surface area (Å²) in [4.78, 5) is 30.7. The van der Waals surface area contributed by atoms with E-state index < -0.39 is 15.1 Å². The molecule has 1 aliphatic rings. The van der Waals surface area contributed by atoms with Crippen molar-refractivity contribution in [1.29, 1.82) is 0 Å². The molecule has 0 atom stereocenters. The van der Waals surface area contributed by atoms with E-state index in [2.05, 4.69) is 4.98 Å². The van der Waals surface area contributed by atoms with Crippen LogP contribution < -0.4 is 5.56 Å². The molecular formula is C19H16ClN3O4S. The van der Waals surface area contributed by atoms with Gasteiger partial charge in [0.05, 0.1) is 22.1 Å². The number of hydrogen-bond acceptors (Lipinski definition) is 5. The lowest BCUT2D eigenvalue weighted by molar-refractivity contribution is -0.135. The Morgan fingerprint density at radius 3 is 2.50 bits per heavy atom. The predicted molar refractivity (Wildman–Crippen MR) is 105 cm³/mol. The van der Waals surface area contributed by atoms with E-state index in [0.717, 1.165) is 0 Å². The predicted octanol–water partition coefficient (Wildman–Crippen LogP) is 1.73. The minimum atomic E-state index is -3.53. The van der Waals surface area contributed by atoms with Crippen molar-refractivity contribution < 1.29 is 13.2 Å². The molecule has 1 aliphatic heterocycles. The molecule has 3 aromatic rings. The number of carbonyl (C=O) groups is 1. The number of fused-ring (bicyclic) bond motifs is 1. The third kappa shape index (κ3) is 3.29. The van der Waals surface area contributed by atoms with Gasteiger partial charge in [-0.05, 0) is 36.4 Å². The Morgan fingerprint density at radius 1 is 1.11 bits per heavy atom. The minimum Gasteiger partial charge on any atom is -0.338 e. The van der Waals surface area contributed by atoms with Crippen molar-refractivity contribution in [3.63, 3.8) is 0 Å². The monoisotopic (exact) mass is 417 g/mol. The van der Waals surface area contributed by atoms with Gasteiger partial charge in [-0.25, -0.2) is 13.4 Å². The van der Waals surface area contributed by atoms with E-state index in [1.807, 2.05) is 0 Å². The summed E-state index contributed by atoms with van der Waals surface area (Å²) in [6, 6.07) is 12.9. The third-order valence-electron chi connectivity index (χ3n) is 4.82. The van der Waals surface area contributed by atoms with E-state index >= 15 is 0 Å². The lowest BCUT2D eigenvalue weighted by atomic mass is 10.2. The van der Waals surface area contributed by atoms with E-state index in [0.29, 0.717) is 15.9 Å². The summed E-state index contributed by atoms with van der Waals surface area (Å²) in [5, 5.41) is 0.229. The maximum absolute atomic E-state index is 12.6. The van der Waals surface area contributed by atoms with Gasteiger partial charge in [0.25, 0.3) is 5.56 Å².